The Kier molecular flexibility index (Phi) is 4.17. The van der Waals surface area contributed by atoms with Crippen LogP contribution in [0.2, 0.25) is 0 Å². The van der Waals surface area contributed by atoms with Crippen molar-refractivity contribution in [2.75, 3.05) is 26.4 Å². The Morgan fingerprint density at radius 2 is 1.83 bits per heavy atom. The SMILES string of the molecule is CC12COC(/C=C/C(=O)CCCCO)(OC1)OC2. The molecule has 102 valence electrons. The van der Waals surface area contributed by atoms with Crippen LogP contribution in [0.4, 0.5) is 0 Å². The van der Waals surface area contributed by atoms with Gasteiger partial charge in [-0.15, -0.1) is 0 Å². The molecular weight excluding hydrogens is 236 g/mol. The van der Waals surface area contributed by atoms with Crippen LogP contribution in [0.3, 0.4) is 0 Å². The summed E-state index contributed by atoms with van der Waals surface area (Å²) in [5.74, 6) is -1.17. The molecule has 0 atom stereocenters. The second kappa shape index (κ2) is 5.48. The number of carbonyl (C=O) groups excluding carboxylic acids is 1. The first-order valence-corrected chi connectivity index (χ1v) is 6.32. The summed E-state index contributed by atoms with van der Waals surface area (Å²) in [5, 5.41) is 8.63. The highest BCUT2D eigenvalue weighted by atomic mass is 16.9. The van der Waals surface area contributed by atoms with E-state index in [0.717, 1.165) is 0 Å². The van der Waals surface area contributed by atoms with Crippen LogP contribution in [0.1, 0.15) is 26.2 Å². The second-order valence-corrected chi connectivity index (χ2v) is 5.26. The largest absolute Gasteiger partial charge is 0.396 e. The number of fused-ring (bicyclic) bond motifs is 3. The zero-order valence-electron chi connectivity index (χ0n) is 10.7. The molecule has 0 spiro atoms. The van der Waals surface area contributed by atoms with E-state index in [0.29, 0.717) is 39.1 Å². The summed E-state index contributed by atoms with van der Waals surface area (Å²) < 4.78 is 16.6. The molecule has 0 aromatic rings. The van der Waals surface area contributed by atoms with Gasteiger partial charge in [0, 0.05) is 24.5 Å². The van der Waals surface area contributed by atoms with Crippen LogP contribution in [0.5, 0.6) is 0 Å². The van der Waals surface area contributed by atoms with Gasteiger partial charge in [0.05, 0.1) is 19.8 Å². The number of hydrogen-bond acceptors (Lipinski definition) is 5. The summed E-state index contributed by atoms with van der Waals surface area (Å²) in [6.07, 6.45) is 4.75. The van der Waals surface area contributed by atoms with E-state index in [1.165, 1.54) is 6.08 Å². The Morgan fingerprint density at radius 1 is 1.22 bits per heavy atom. The maximum atomic E-state index is 11.6. The third-order valence-electron chi connectivity index (χ3n) is 3.17. The van der Waals surface area contributed by atoms with Crippen molar-refractivity contribution in [2.45, 2.75) is 32.2 Å². The Labute approximate surface area is 107 Å². The molecule has 0 unspecified atom stereocenters. The number of unbranched alkanes of at least 4 members (excludes halogenated alkanes) is 1. The molecule has 3 saturated heterocycles. The summed E-state index contributed by atoms with van der Waals surface area (Å²) in [4.78, 5) is 11.6. The number of allylic oxidation sites excluding steroid dienone is 1. The molecule has 0 amide bonds. The quantitative estimate of drug-likeness (QED) is 0.567. The lowest BCUT2D eigenvalue weighted by molar-refractivity contribution is -0.441. The van der Waals surface area contributed by atoms with Crippen molar-refractivity contribution in [3.63, 3.8) is 0 Å². The molecule has 2 bridgehead atoms. The predicted octanol–water partition coefficient (Wildman–Crippen LogP) is 1.01. The zero-order valence-corrected chi connectivity index (χ0v) is 10.7. The van der Waals surface area contributed by atoms with E-state index in [1.54, 1.807) is 6.08 Å². The summed E-state index contributed by atoms with van der Waals surface area (Å²) in [7, 11) is 0. The topological polar surface area (TPSA) is 65.0 Å². The van der Waals surface area contributed by atoms with Gasteiger partial charge in [0.2, 0.25) is 0 Å². The molecule has 5 heteroatoms. The fraction of sp³-hybridized carbons (Fsp3) is 0.769. The highest BCUT2D eigenvalue weighted by Gasteiger charge is 2.48. The lowest BCUT2D eigenvalue weighted by Crippen LogP contribution is -2.57. The second-order valence-electron chi connectivity index (χ2n) is 5.26. The molecule has 5 nitrogen and oxygen atoms in total. The van der Waals surface area contributed by atoms with Crippen LogP contribution in [-0.2, 0) is 19.0 Å². The summed E-state index contributed by atoms with van der Waals surface area (Å²) >= 11 is 0. The van der Waals surface area contributed by atoms with Crippen LogP contribution in [0.15, 0.2) is 12.2 Å². The van der Waals surface area contributed by atoms with Crippen molar-refractivity contribution in [2.24, 2.45) is 5.41 Å². The van der Waals surface area contributed by atoms with Crippen molar-refractivity contribution < 1.29 is 24.1 Å². The molecule has 1 N–H and O–H groups in total. The predicted molar refractivity (Wildman–Crippen MR) is 63.8 cm³/mol. The standard InChI is InChI=1S/C13H20O5/c1-12-8-16-13(17-9-12,18-10-12)6-5-11(15)4-2-3-7-14/h5-6,14H,2-4,7-10H2,1H3/b6-5+. The molecule has 0 saturated carbocycles. The smallest absolute Gasteiger partial charge is 0.305 e. The number of ether oxygens (including phenoxy) is 3. The van der Waals surface area contributed by atoms with E-state index in [-0.39, 0.29) is 17.8 Å². The van der Waals surface area contributed by atoms with Gasteiger partial charge in [-0.3, -0.25) is 4.79 Å². The minimum absolute atomic E-state index is 0.00691. The molecule has 3 aliphatic rings. The van der Waals surface area contributed by atoms with Crippen molar-refractivity contribution in [3.8, 4) is 0 Å². The van der Waals surface area contributed by atoms with Crippen molar-refractivity contribution in [3.05, 3.63) is 12.2 Å². The highest BCUT2D eigenvalue weighted by molar-refractivity contribution is 5.89. The Morgan fingerprint density at radius 3 is 2.39 bits per heavy atom. The van der Waals surface area contributed by atoms with Crippen molar-refractivity contribution in [1.82, 2.24) is 0 Å². The van der Waals surface area contributed by atoms with Crippen LogP contribution in [0, 0.1) is 5.41 Å². The first-order chi connectivity index (χ1) is 8.58. The number of hydrogen-bond donors (Lipinski definition) is 1. The Hall–Kier alpha value is -0.750. The van der Waals surface area contributed by atoms with Crippen molar-refractivity contribution >= 4 is 5.78 Å². The molecule has 0 aliphatic carbocycles. The van der Waals surface area contributed by atoms with Gasteiger partial charge >= 0.3 is 5.97 Å². The van der Waals surface area contributed by atoms with Gasteiger partial charge in [0.1, 0.15) is 0 Å². The first-order valence-electron chi connectivity index (χ1n) is 6.32. The van der Waals surface area contributed by atoms with Crippen molar-refractivity contribution in [1.29, 1.82) is 0 Å². The number of ketones is 1. The fourth-order valence-corrected chi connectivity index (χ4v) is 1.91. The van der Waals surface area contributed by atoms with Gasteiger partial charge in [-0.05, 0) is 18.9 Å². The van der Waals surface area contributed by atoms with E-state index in [4.69, 9.17) is 19.3 Å². The van der Waals surface area contributed by atoms with Crippen LogP contribution < -0.4 is 0 Å². The highest BCUT2D eigenvalue weighted by Crippen LogP contribution is 2.38. The lowest BCUT2D eigenvalue weighted by atomic mass is 9.92. The van der Waals surface area contributed by atoms with Gasteiger partial charge in [0.25, 0.3) is 0 Å². The first kappa shape index (κ1) is 13.7. The number of aliphatic hydroxyl groups excluding tert-OH is 1. The van der Waals surface area contributed by atoms with Crippen LogP contribution in [0.25, 0.3) is 0 Å². The minimum Gasteiger partial charge on any atom is -0.396 e. The third-order valence-corrected chi connectivity index (χ3v) is 3.17. The van der Waals surface area contributed by atoms with Gasteiger partial charge in [-0.25, -0.2) is 0 Å². The molecule has 0 radical (unpaired) electrons. The van der Waals surface area contributed by atoms with E-state index >= 15 is 0 Å². The average Bonchev–Trinajstić information content (AvgIpc) is 2.39. The van der Waals surface area contributed by atoms with Crippen LogP contribution in [-0.4, -0.2) is 43.3 Å². The molecule has 0 aromatic heterocycles. The zero-order chi connectivity index (χ0) is 13.1. The molecule has 18 heavy (non-hydrogen) atoms. The number of carbonyl (C=O) groups is 1. The third kappa shape index (κ3) is 3.17. The summed E-state index contributed by atoms with van der Waals surface area (Å²) in [6, 6.07) is 0. The Balaban J connectivity index is 1.83. The lowest BCUT2D eigenvalue weighted by Gasteiger charge is -2.49. The monoisotopic (exact) mass is 256 g/mol. The molecule has 3 rings (SSSR count). The van der Waals surface area contributed by atoms with E-state index < -0.39 is 5.97 Å². The van der Waals surface area contributed by atoms with Gasteiger partial charge in [-0.1, -0.05) is 6.92 Å². The molecule has 0 aromatic carbocycles. The van der Waals surface area contributed by atoms with E-state index in [9.17, 15) is 4.79 Å². The minimum atomic E-state index is -1.16. The van der Waals surface area contributed by atoms with Gasteiger partial charge in [0.15, 0.2) is 5.78 Å². The number of rotatable bonds is 6. The van der Waals surface area contributed by atoms with Gasteiger partial charge < -0.3 is 19.3 Å². The summed E-state index contributed by atoms with van der Waals surface area (Å²) in [6.45, 7) is 3.90. The molecule has 3 fully saturated rings. The summed E-state index contributed by atoms with van der Waals surface area (Å²) in [5.41, 5.74) is -0.0687. The van der Waals surface area contributed by atoms with E-state index in [2.05, 4.69) is 0 Å². The van der Waals surface area contributed by atoms with Gasteiger partial charge in [-0.2, -0.15) is 0 Å². The molecule has 3 aliphatic heterocycles. The van der Waals surface area contributed by atoms with Crippen LogP contribution >= 0.6 is 0 Å². The number of aliphatic hydroxyl groups is 1. The molecule has 3 heterocycles. The Bertz CT molecular complexity index is 312. The maximum Gasteiger partial charge on any atom is 0.305 e. The fourth-order valence-electron chi connectivity index (χ4n) is 1.91. The molecular formula is C13H20O5. The maximum absolute atomic E-state index is 11.6. The van der Waals surface area contributed by atoms with E-state index in [1.807, 2.05) is 6.92 Å². The normalized spacial score (nSPS) is 35.2. The average molecular weight is 256 g/mol.